The zero-order valence-corrected chi connectivity index (χ0v) is 8.39. The molecule has 0 atom stereocenters. The van der Waals surface area contributed by atoms with Gasteiger partial charge in [0.05, 0.1) is 0 Å². The van der Waals surface area contributed by atoms with E-state index in [1.807, 2.05) is 13.1 Å². The van der Waals surface area contributed by atoms with Gasteiger partial charge in [-0.15, -0.1) is 0 Å². The fourth-order valence-electron chi connectivity index (χ4n) is 1.28. The van der Waals surface area contributed by atoms with Crippen LogP contribution in [0.4, 0.5) is 5.69 Å². The number of rotatable bonds is 3. The highest BCUT2D eigenvalue weighted by Gasteiger charge is 2.02. The highest BCUT2D eigenvalue weighted by atomic mass is 14.8. The van der Waals surface area contributed by atoms with Crippen molar-refractivity contribution < 1.29 is 0 Å². The van der Waals surface area contributed by atoms with Crippen LogP contribution in [-0.2, 0) is 0 Å². The molecule has 1 rings (SSSR count). The monoisotopic (exact) mass is 176 g/mol. The third-order valence-electron chi connectivity index (χ3n) is 2.17. The highest BCUT2D eigenvalue weighted by Crippen LogP contribution is 2.21. The van der Waals surface area contributed by atoms with Gasteiger partial charge in [0.25, 0.3) is 0 Å². The van der Waals surface area contributed by atoms with Crippen molar-refractivity contribution in [1.29, 1.82) is 5.41 Å². The van der Waals surface area contributed by atoms with Crippen LogP contribution in [0.1, 0.15) is 30.9 Å². The minimum absolute atomic E-state index is 0.534. The summed E-state index contributed by atoms with van der Waals surface area (Å²) in [4.78, 5) is 0. The molecule has 0 fully saturated rings. The highest BCUT2D eigenvalue weighted by molar-refractivity contribution is 5.85. The van der Waals surface area contributed by atoms with Crippen LogP contribution in [0.2, 0.25) is 0 Å². The SMILES string of the molecule is CNc1cc(C(C)C)ccc1C=N. The fourth-order valence-corrected chi connectivity index (χ4v) is 1.28. The molecule has 0 amide bonds. The lowest BCUT2D eigenvalue weighted by Gasteiger charge is -2.10. The van der Waals surface area contributed by atoms with Gasteiger partial charge in [-0.1, -0.05) is 26.0 Å². The van der Waals surface area contributed by atoms with Crippen LogP contribution in [0.3, 0.4) is 0 Å². The quantitative estimate of drug-likeness (QED) is 0.682. The van der Waals surface area contributed by atoms with Crippen molar-refractivity contribution in [3.63, 3.8) is 0 Å². The second kappa shape index (κ2) is 4.08. The topological polar surface area (TPSA) is 35.9 Å². The van der Waals surface area contributed by atoms with E-state index in [9.17, 15) is 0 Å². The number of anilines is 1. The molecule has 1 aromatic carbocycles. The molecule has 70 valence electrons. The van der Waals surface area contributed by atoms with Gasteiger partial charge in [-0.3, -0.25) is 0 Å². The summed E-state index contributed by atoms with van der Waals surface area (Å²) in [6.45, 7) is 4.33. The zero-order chi connectivity index (χ0) is 9.84. The number of nitrogens with one attached hydrogen (secondary N) is 2. The van der Waals surface area contributed by atoms with Crippen molar-refractivity contribution in [2.24, 2.45) is 0 Å². The molecule has 0 aromatic heterocycles. The molecule has 13 heavy (non-hydrogen) atoms. The molecule has 0 heterocycles. The molecule has 0 saturated heterocycles. The van der Waals surface area contributed by atoms with Crippen LogP contribution in [0.15, 0.2) is 18.2 Å². The van der Waals surface area contributed by atoms with Gasteiger partial charge < -0.3 is 10.7 Å². The number of benzene rings is 1. The summed E-state index contributed by atoms with van der Waals surface area (Å²) in [5, 5.41) is 10.3. The summed E-state index contributed by atoms with van der Waals surface area (Å²) in [6, 6.07) is 6.16. The number of hydrogen-bond donors (Lipinski definition) is 2. The molecule has 2 N–H and O–H groups in total. The average molecular weight is 176 g/mol. The molecule has 0 radical (unpaired) electrons. The Hall–Kier alpha value is -1.31. The van der Waals surface area contributed by atoms with Gasteiger partial charge in [-0.05, 0) is 17.5 Å². The lowest BCUT2D eigenvalue weighted by Crippen LogP contribution is -1.97. The second-order valence-corrected chi connectivity index (χ2v) is 3.40. The van der Waals surface area contributed by atoms with Crippen molar-refractivity contribution in [1.82, 2.24) is 0 Å². The lowest BCUT2D eigenvalue weighted by molar-refractivity contribution is 0.867. The largest absolute Gasteiger partial charge is 0.388 e. The van der Waals surface area contributed by atoms with E-state index in [0.717, 1.165) is 11.3 Å². The Bertz CT molecular complexity index is 303. The van der Waals surface area contributed by atoms with Gasteiger partial charge in [0.1, 0.15) is 0 Å². The molecular weight excluding hydrogens is 160 g/mol. The van der Waals surface area contributed by atoms with E-state index in [1.54, 1.807) is 0 Å². The standard InChI is InChI=1S/C11H16N2/c1-8(2)9-4-5-10(7-12)11(6-9)13-3/h4-8,12-13H,1-3H3. The van der Waals surface area contributed by atoms with E-state index >= 15 is 0 Å². The maximum absolute atomic E-state index is 7.20. The molecule has 0 aliphatic carbocycles. The molecule has 0 saturated carbocycles. The van der Waals surface area contributed by atoms with E-state index in [-0.39, 0.29) is 0 Å². The predicted octanol–water partition coefficient (Wildman–Crippen LogP) is 2.85. The Morgan fingerprint density at radius 1 is 1.38 bits per heavy atom. The Morgan fingerprint density at radius 3 is 2.54 bits per heavy atom. The average Bonchev–Trinajstić information content (AvgIpc) is 2.16. The van der Waals surface area contributed by atoms with E-state index in [2.05, 4.69) is 31.3 Å². The van der Waals surface area contributed by atoms with Crippen LogP contribution >= 0.6 is 0 Å². The molecule has 2 heteroatoms. The van der Waals surface area contributed by atoms with Crippen LogP contribution < -0.4 is 5.32 Å². The summed E-state index contributed by atoms with van der Waals surface area (Å²) in [5.74, 6) is 0.534. The zero-order valence-electron chi connectivity index (χ0n) is 8.39. The van der Waals surface area contributed by atoms with Gasteiger partial charge in [-0.2, -0.15) is 0 Å². The maximum Gasteiger partial charge on any atom is 0.0429 e. The molecule has 0 spiro atoms. The summed E-state index contributed by atoms with van der Waals surface area (Å²) >= 11 is 0. The third kappa shape index (κ3) is 2.08. The minimum atomic E-state index is 0.534. The van der Waals surface area contributed by atoms with E-state index in [4.69, 9.17) is 5.41 Å². The lowest BCUT2D eigenvalue weighted by atomic mass is 10.0. The first-order valence-electron chi connectivity index (χ1n) is 4.51. The Kier molecular flexibility index (Phi) is 3.07. The summed E-state index contributed by atoms with van der Waals surface area (Å²) in [5.41, 5.74) is 3.27. The third-order valence-corrected chi connectivity index (χ3v) is 2.17. The Morgan fingerprint density at radius 2 is 2.08 bits per heavy atom. The van der Waals surface area contributed by atoms with Crippen molar-refractivity contribution in [2.75, 3.05) is 12.4 Å². The van der Waals surface area contributed by atoms with Gasteiger partial charge >= 0.3 is 0 Å². The Balaban J connectivity index is 3.12. The molecule has 2 nitrogen and oxygen atoms in total. The van der Waals surface area contributed by atoms with E-state index in [1.165, 1.54) is 11.8 Å². The maximum atomic E-state index is 7.20. The van der Waals surface area contributed by atoms with E-state index < -0.39 is 0 Å². The van der Waals surface area contributed by atoms with Crippen LogP contribution in [-0.4, -0.2) is 13.3 Å². The van der Waals surface area contributed by atoms with Crippen LogP contribution in [0, 0.1) is 5.41 Å². The number of hydrogen-bond acceptors (Lipinski definition) is 2. The van der Waals surface area contributed by atoms with Gasteiger partial charge in [0.15, 0.2) is 0 Å². The molecule has 0 aliphatic rings. The first-order valence-corrected chi connectivity index (χ1v) is 4.51. The van der Waals surface area contributed by atoms with Gasteiger partial charge in [-0.25, -0.2) is 0 Å². The summed E-state index contributed by atoms with van der Waals surface area (Å²) in [7, 11) is 1.88. The second-order valence-electron chi connectivity index (χ2n) is 3.40. The van der Waals surface area contributed by atoms with Crippen molar-refractivity contribution >= 4 is 11.9 Å². The van der Waals surface area contributed by atoms with Gasteiger partial charge in [0.2, 0.25) is 0 Å². The molecule has 0 unspecified atom stereocenters. The van der Waals surface area contributed by atoms with Gasteiger partial charge in [0, 0.05) is 24.5 Å². The predicted molar refractivity (Wildman–Crippen MR) is 58.0 cm³/mol. The molecule has 1 aromatic rings. The van der Waals surface area contributed by atoms with E-state index in [0.29, 0.717) is 5.92 Å². The fraction of sp³-hybridized carbons (Fsp3) is 0.364. The first-order chi connectivity index (χ1) is 6.19. The Labute approximate surface area is 79.5 Å². The molecule has 0 bridgehead atoms. The molecule has 0 aliphatic heterocycles. The van der Waals surface area contributed by atoms with Crippen LogP contribution in [0.25, 0.3) is 0 Å². The summed E-state index contributed by atoms with van der Waals surface area (Å²) in [6.07, 6.45) is 1.37. The smallest absolute Gasteiger partial charge is 0.0429 e. The van der Waals surface area contributed by atoms with Crippen molar-refractivity contribution in [3.8, 4) is 0 Å². The van der Waals surface area contributed by atoms with Crippen molar-refractivity contribution in [3.05, 3.63) is 29.3 Å². The summed E-state index contributed by atoms with van der Waals surface area (Å²) < 4.78 is 0. The minimum Gasteiger partial charge on any atom is -0.388 e. The van der Waals surface area contributed by atoms with Crippen molar-refractivity contribution in [2.45, 2.75) is 19.8 Å². The van der Waals surface area contributed by atoms with Crippen LogP contribution in [0.5, 0.6) is 0 Å². The first kappa shape index (κ1) is 9.78. The normalized spacial score (nSPS) is 10.2. The molecular formula is C11H16N2.